The summed E-state index contributed by atoms with van der Waals surface area (Å²) in [6.45, 7) is 0. The van der Waals surface area contributed by atoms with Crippen LogP contribution in [-0.4, -0.2) is 22.5 Å². The third-order valence-corrected chi connectivity index (χ3v) is 4.83. The summed E-state index contributed by atoms with van der Waals surface area (Å²) in [5.41, 5.74) is 0. The Bertz CT molecular complexity index is 222. The molecule has 46 valence electrons. The third kappa shape index (κ3) is 2.53. The molecule has 0 bridgehead atoms. The van der Waals surface area contributed by atoms with Gasteiger partial charge in [-0.3, -0.25) is 0 Å². The molecule has 0 atom stereocenters. The van der Waals surface area contributed by atoms with Crippen molar-refractivity contribution < 1.29 is 0 Å². The molecule has 9 heavy (non-hydrogen) atoms. The summed E-state index contributed by atoms with van der Waals surface area (Å²) in [6, 6.07) is 6.60. The predicted molar refractivity (Wildman–Crippen MR) is 58.7 cm³/mol. The Morgan fingerprint density at radius 3 is 2.22 bits per heavy atom. The summed E-state index contributed by atoms with van der Waals surface area (Å²) in [5, 5.41) is 0. The monoisotopic (exact) mass is 450 g/mol. The Kier molecular flexibility index (Phi) is 3.57. The van der Waals surface area contributed by atoms with Crippen LogP contribution in [0.1, 0.15) is 0 Å². The van der Waals surface area contributed by atoms with Gasteiger partial charge in [0.15, 0.2) is 0 Å². The van der Waals surface area contributed by atoms with Gasteiger partial charge in [-0.25, -0.2) is 0 Å². The molecule has 0 heterocycles. The summed E-state index contributed by atoms with van der Waals surface area (Å²) in [5.74, 6) is 0. The van der Waals surface area contributed by atoms with Crippen LogP contribution < -0.4 is 3.58 Å². The van der Waals surface area contributed by atoms with Gasteiger partial charge in [-0.15, -0.1) is 0 Å². The molecule has 0 aromatic heterocycles. The van der Waals surface area contributed by atoms with Crippen LogP contribution in [0.25, 0.3) is 0 Å². The Hall–Kier alpha value is 1.48. The molecule has 0 nitrogen and oxygen atoms in total. The summed E-state index contributed by atoms with van der Waals surface area (Å²) >= 11 is 5.93. The Morgan fingerprint density at radius 1 is 1.11 bits per heavy atom. The second-order valence-electron chi connectivity index (χ2n) is 1.67. The summed E-state index contributed by atoms with van der Waals surface area (Å²) < 4.78 is 4.19. The van der Waals surface area contributed by atoms with Gasteiger partial charge in [-0.05, 0) is 0 Å². The SMILES string of the molecule is [SnH][c]1ccc(I)c(I)c1. The summed E-state index contributed by atoms with van der Waals surface area (Å²) in [6.07, 6.45) is 0. The van der Waals surface area contributed by atoms with Crippen molar-refractivity contribution in [2.45, 2.75) is 0 Å². The zero-order valence-electron chi connectivity index (χ0n) is 4.57. The fourth-order valence-electron chi connectivity index (χ4n) is 0.512. The van der Waals surface area contributed by atoms with Crippen molar-refractivity contribution in [2.75, 3.05) is 0 Å². The van der Waals surface area contributed by atoms with E-state index < -0.39 is 0 Å². The molecule has 0 amide bonds. The van der Waals surface area contributed by atoms with E-state index in [2.05, 4.69) is 63.4 Å². The fraction of sp³-hybridized carbons (Fsp3) is 0. The van der Waals surface area contributed by atoms with Crippen molar-refractivity contribution in [1.29, 1.82) is 0 Å². The molecule has 0 aliphatic carbocycles. The first kappa shape index (κ1) is 8.57. The first-order chi connectivity index (χ1) is 4.20. The van der Waals surface area contributed by atoms with Gasteiger partial charge in [0.1, 0.15) is 0 Å². The summed E-state index contributed by atoms with van der Waals surface area (Å²) in [4.78, 5) is 0. The number of benzene rings is 1. The molecule has 0 spiro atoms. The fourth-order valence-corrected chi connectivity index (χ4v) is 3.11. The van der Waals surface area contributed by atoms with E-state index in [1.807, 2.05) is 0 Å². The minimum atomic E-state index is 1.22. The van der Waals surface area contributed by atoms with Crippen molar-refractivity contribution in [1.82, 2.24) is 0 Å². The molecule has 3 heteroatoms. The van der Waals surface area contributed by atoms with Crippen molar-refractivity contribution in [3.8, 4) is 0 Å². The first-order valence-corrected chi connectivity index (χ1v) is 6.21. The van der Waals surface area contributed by atoms with Gasteiger partial charge in [-0.1, -0.05) is 0 Å². The van der Waals surface area contributed by atoms with Crippen molar-refractivity contribution in [3.63, 3.8) is 0 Å². The van der Waals surface area contributed by atoms with Crippen LogP contribution in [0.3, 0.4) is 0 Å². The quantitative estimate of drug-likeness (QED) is 0.416. The van der Waals surface area contributed by atoms with E-state index in [0.29, 0.717) is 0 Å². The van der Waals surface area contributed by atoms with Crippen LogP contribution in [0.4, 0.5) is 0 Å². The number of rotatable bonds is 0. The normalized spacial score (nSPS) is 9.67. The maximum atomic E-state index is 2.36. The standard InChI is InChI=1S/C6H3I2.Sn.H/c7-5-3-1-2-4-6(5)8;;/h1,3-4H;;. The zero-order chi connectivity index (χ0) is 6.85. The Balaban J connectivity index is 3.17. The minimum absolute atomic E-state index is 1.22. The van der Waals surface area contributed by atoms with Crippen LogP contribution in [0, 0.1) is 7.14 Å². The van der Waals surface area contributed by atoms with Crippen LogP contribution in [0.15, 0.2) is 18.2 Å². The van der Waals surface area contributed by atoms with Gasteiger partial charge in [0.2, 0.25) is 0 Å². The molecule has 0 fully saturated rings. The summed E-state index contributed by atoms with van der Waals surface area (Å²) in [7, 11) is 0. The zero-order valence-corrected chi connectivity index (χ0v) is 12.2. The van der Waals surface area contributed by atoms with E-state index in [1.165, 1.54) is 33.2 Å². The van der Waals surface area contributed by atoms with Crippen molar-refractivity contribution in [3.05, 3.63) is 25.3 Å². The number of hydrogen-bond donors (Lipinski definition) is 0. The molecule has 1 aromatic carbocycles. The van der Waals surface area contributed by atoms with Crippen LogP contribution in [-0.2, 0) is 0 Å². The van der Waals surface area contributed by atoms with Crippen LogP contribution in [0.2, 0.25) is 0 Å². The van der Waals surface area contributed by atoms with Crippen LogP contribution >= 0.6 is 45.2 Å². The molecule has 0 saturated heterocycles. The Morgan fingerprint density at radius 2 is 1.78 bits per heavy atom. The van der Waals surface area contributed by atoms with Crippen molar-refractivity contribution >= 4 is 71.3 Å². The molecule has 0 aliphatic rings. The van der Waals surface area contributed by atoms with Crippen LogP contribution in [0.5, 0.6) is 0 Å². The molecule has 1 rings (SSSR count). The Labute approximate surface area is 95.2 Å². The molecule has 1 aromatic rings. The topological polar surface area (TPSA) is 0 Å². The van der Waals surface area contributed by atoms with Gasteiger partial charge < -0.3 is 0 Å². The molecule has 0 N–H and O–H groups in total. The molecule has 0 aliphatic heterocycles. The van der Waals surface area contributed by atoms with Gasteiger partial charge in [0.05, 0.1) is 0 Å². The average Bonchev–Trinajstić information content (AvgIpc) is 1.80. The molecular formula is C6H4I2Sn. The van der Waals surface area contributed by atoms with Gasteiger partial charge in [-0.2, -0.15) is 0 Å². The van der Waals surface area contributed by atoms with E-state index in [-0.39, 0.29) is 0 Å². The van der Waals surface area contributed by atoms with E-state index in [1.54, 1.807) is 0 Å². The van der Waals surface area contributed by atoms with E-state index in [0.717, 1.165) is 0 Å². The second-order valence-corrected chi connectivity index (χ2v) is 5.90. The third-order valence-electron chi connectivity index (χ3n) is 0.944. The van der Waals surface area contributed by atoms with E-state index in [4.69, 9.17) is 0 Å². The van der Waals surface area contributed by atoms with E-state index in [9.17, 15) is 0 Å². The average molecular weight is 449 g/mol. The molecular weight excluding hydrogens is 445 g/mol. The van der Waals surface area contributed by atoms with Gasteiger partial charge in [0.25, 0.3) is 0 Å². The van der Waals surface area contributed by atoms with Gasteiger partial charge >= 0.3 is 96.6 Å². The molecule has 0 unspecified atom stereocenters. The first-order valence-electron chi connectivity index (χ1n) is 2.40. The maximum absolute atomic E-state index is 2.36. The molecule has 0 saturated carbocycles. The predicted octanol–water partition coefficient (Wildman–Crippen LogP) is 1.42. The number of hydrogen-bond acceptors (Lipinski definition) is 0. The van der Waals surface area contributed by atoms with Crippen molar-refractivity contribution in [2.24, 2.45) is 0 Å². The van der Waals surface area contributed by atoms with E-state index >= 15 is 0 Å². The van der Waals surface area contributed by atoms with Gasteiger partial charge in [0, 0.05) is 0 Å². The second kappa shape index (κ2) is 3.75. The molecule has 2 radical (unpaired) electrons. The number of halogens is 2.